The van der Waals surface area contributed by atoms with Crippen molar-refractivity contribution in [3.63, 3.8) is 0 Å². The summed E-state index contributed by atoms with van der Waals surface area (Å²) in [7, 11) is 0. The summed E-state index contributed by atoms with van der Waals surface area (Å²) < 4.78 is 0. The first kappa shape index (κ1) is 21.4. The van der Waals surface area contributed by atoms with Gasteiger partial charge in [0, 0.05) is 0 Å². The number of hydrogen-bond acceptors (Lipinski definition) is 0. The van der Waals surface area contributed by atoms with Crippen LogP contribution in [0.1, 0.15) is 26.2 Å². The second-order valence-electron chi connectivity index (χ2n) is 2.67. The van der Waals surface area contributed by atoms with Crippen molar-refractivity contribution in [3.8, 4) is 0 Å². The van der Waals surface area contributed by atoms with Crippen molar-refractivity contribution in [3.05, 3.63) is 63.0 Å². The predicted octanol–water partition coefficient (Wildman–Crippen LogP) is 3.37. The van der Waals surface area contributed by atoms with Crippen LogP contribution in [-0.2, 0) is 23.3 Å². The van der Waals surface area contributed by atoms with Crippen LogP contribution in [0.15, 0.2) is 36.0 Å². The summed E-state index contributed by atoms with van der Waals surface area (Å²) in [5.41, 5.74) is 1.36. The molecule has 0 heterocycles. The Balaban J connectivity index is -0.000000169. The molecule has 0 fully saturated rings. The van der Waals surface area contributed by atoms with E-state index in [1.807, 2.05) is 19.0 Å². The third-order valence-electron chi connectivity index (χ3n) is 1.73. The summed E-state index contributed by atoms with van der Waals surface area (Å²) >= 11 is 1.58. The van der Waals surface area contributed by atoms with Gasteiger partial charge in [0.15, 0.2) is 0 Å². The maximum atomic E-state index is 3.21. The Morgan fingerprint density at radius 1 is 1.25 bits per heavy atom. The van der Waals surface area contributed by atoms with Gasteiger partial charge in [0.25, 0.3) is 0 Å². The Kier molecular flexibility index (Phi) is 23.3. The molecule has 0 radical (unpaired) electrons. The zero-order valence-electron chi connectivity index (χ0n) is 10.7. The number of allylic oxidation sites excluding steroid dienone is 8. The van der Waals surface area contributed by atoms with Gasteiger partial charge in [0.1, 0.15) is 0 Å². The molecule has 0 saturated heterocycles. The van der Waals surface area contributed by atoms with E-state index >= 15 is 0 Å². The Hall–Kier alpha value is 0.0600. The van der Waals surface area contributed by atoms with Crippen LogP contribution in [0, 0.1) is 27.0 Å². The quantitative estimate of drug-likeness (QED) is 0.514. The molecule has 0 aromatic rings. The van der Waals surface area contributed by atoms with E-state index in [9.17, 15) is 0 Å². The molecule has 0 aromatic heterocycles. The van der Waals surface area contributed by atoms with E-state index in [1.165, 1.54) is 5.57 Å². The third-order valence-corrected chi connectivity index (χ3v) is 1.73. The molecule has 0 bridgehead atoms. The molecular weight excluding hydrogens is 287 g/mol. The molecule has 2 aliphatic carbocycles. The summed E-state index contributed by atoms with van der Waals surface area (Å²) in [6.45, 7) is 4.10. The fourth-order valence-electron chi connectivity index (χ4n) is 1.03. The molecule has 0 atom stereocenters. The van der Waals surface area contributed by atoms with Crippen LogP contribution in [0.2, 0.25) is 0 Å². The topological polar surface area (TPSA) is 0 Å². The molecule has 0 aliphatic heterocycles. The Morgan fingerprint density at radius 2 is 1.94 bits per heavy atom. The van der Waals surface area contributed by atoms with Crippen LogP contribution < -0.4 is 0 Å². The molecule has 0 saturated carbocycles. The summed E-state index contributed by atoms with van der Waals surface area (Å²) in [5.74, 6) is 0. The summed E-state index contributed by atoms with van der Waals surface area (Å²) in [6, 6.07) is 0. The minimum absolute atomic E-state index is 0. The molecule has 2 heteroatoms. The first-order chi connectivity index (χ1) is 6.93. The van der Waals surface area contributed by atoms with E-state index in [0.29, 0.717) is 0 Å². The molecule has 0 N–H and O–H groups in total. The van der Waals surface area contributed by atoms with Gasteiger partial charge < -0.3 is 14.9 Å². The van der Waals surface area contributed by atoms with E-state index in [0.717, 1.165) is 19.3 Å². The van der Waals surface area contributed by atoms with E-state index in [2.05, 4.69) is 37.3 Å². The Labute approximate surface area is 119 Å². The van der Waals surface area contributed by atoms with Crippen LogP contribution >= 0.6 is 0 Å². The molecule has 0 nitrogen and oxygen atoms in total. The Bertz CT molecular complexity index is 239. The van der Waals surface area contributed by atoms with Gasteiger partial charge in [-0.25, -0.2) is 23.8 Å². The van der Waals surface area contributed by atoms with Gasteiger partial charge in [-0.1, -0.05) is 13.3 Å². The van der Waals surface area contributed by atoms with Crippen molar-refractivity contribution in [2.45, 2.75) is 26.2 Å². The molecule has 16 heavy (non-hydrogen) atoms. The van der Waals surface area contributed by atoms with Crippen LogP contribution in [0.5, 0.6) is 0 Å². The van der Waals surface area contributed by atoms with Gasteiger partial charge >= 0.3 is 30.2 Å². The van der Waals surface area contributed by atoms with Crippen molar-refractivity contribution < 1.29 is 23.3 Å². The van der Waals surface area contributed by atoms with Crippen LogP contribution in [-0.4, -0.2) is 6.88 Å². The average molecular weight is 310 g/mol. The first-order valence-electron chi connectivity index (χ1n) is 4.77. The minimum atomic E-state index is 0. The monoisotopic (exact) mass is 308 g/mol. The second kappa shape index (κ2) is 17.5. The zero-order chi connectivity index (χ0) is 10.6. The van der Waals surface area contributed by atoms with Gasteiger partial charge in [-0.2, -0.15) is 12.2 Å². The van der Waals surface area contributed by atoms with Crippen molar-refractivity contribution in [1.82, 2.24) is 0 Å². The third kappa shape index (κ3) is 12.1. The molecule has 0 amide bonds. The van der Waals surface area contributed by atoms with Gasteiger partial charge in [0.2, 0.25) is 0 Å². The van der Waals surface area contributed by atoms with E-state index in [1.54, 1.807) is 23.3 Å². The summed E-state index contributed by atoms with van der Waals surface area (Å²) in [4.78, 5) is 0. The zero-order valence-corrected chi connectivity index (χ0v) is 14.6. The fourth-order valence-corrected chi connectivity index (χ4v) is 1.03. The molecule has 0 aromatic carbocycles. The molecule has 2 rings (SSSR count). The molecular formula is C14H22SiZr-4. The molecule has 0 unspecified atom stereocenters. The van der Waals surface area contributed by atoms with E-state index in [-0.39, 0.29) is 14.9 Å². The SMILES string of the molecule is CCC1=[C-]CC=C1.[C-]1=CC=CC1.[CH3-].[CH3-].[SiH2]=[Zr]. The summed E-state index contributed by atoms with van der Waals surface area (Å²) in [5, 5.41) is 0. The molecule has 90 valence electrons. The molecule has 2 aliphatic rings. The van der Waals surface area contributed by atoms with Crippen LogP contribution in [0.4, 0.5) is 0 Å². The standard InChI is InChI=1S/C7H9.C5H5.2CH3.H2Si.Zr/c1-2-7-5-3-4-6-7;1-2-4-5-3-1;;;;/h3,5H,2,4H2,1H3;1-3H,4H2;2*1H3;1H2;/q4*-1;;. The van der Waals surface area contributed by atoms with Gasteiger partial charge in [-0.05, 0) is 0 Å². The van der Waals surface area contributed by atoms with Crippen molar-refractivity contribution in [2.24, 2.45) is 0 Å². The van der Waals surface area contributed by atoms with Gasteiger partial charge in [-0.3, -0.25) is 12.2 Å². The van der Waals surface area contributed by atoms with Gasteiger partial charge in [-0.15, -0.1) is 12.8 Å². The van der Waals surface area contributed by atoms with Crippen LogP contribution in [0.3, 0.4) is 0 Å². The van der Waals surface area contributed by atoms with Crippen molar-refractivity contribution in [1.29, 1.82) is 0 Å². The molecule has 0 spiro atoms. The summed E-state index contributed by atoms with van der Waals surface area (Å²) in [6.07, 6.45) is 19.7. The van der Waals surface area contributed by atoms with Crippen LogP contribution in [0.25, 0.3) is 0 Å². The van der Waals surface area contributed by atoms with E-state index in [4.69, 9.17) is 0 Å². The number of rotatable bonds is 1. The van der Waals surface area contributed by atoms with Gasteiger partial charge in [0.05, 0.1) is 0 Å². The second-order valence-corrected chi connectivity index (χ2v) is 2.67. The normalized spacial score (nSPS) is 13.4. The van der Waals surface area contributed by atoms with E-state index < -0.39 is 0 Å². The predicted molar refractivity (Wildman–Crippen MR) is 73.7 cm³/mol. The Morgan fingerprint density at radius 3 is 2.12 bits per heavy atom. The fraction of sp³-hybridized carbons (Fsp3) is 0.286. The van der Waals surface area contributed by atoms with Crippen molar-refractivity contribution >= 4 is 6.88 Å². The van der Waals surface area contributed by atoms with Crippen molar-refractivity contribution in [2.75, 3.05) is 0 Å². The average Bonchev–Trinajstić information content (AvgIpc) is 2.97. The first-order valence-corrected chi connectivity index (χ1v) is 10.7. The number of hydrogen-bond donors (Lipinski definition) is 0. The maximum absolute atomic E-state index is 3.21.